The van der Waals surface area contributed by atoms with Crippen molar-refractivity contribution in [2.45, 2.75) is 18.0 Å². The van der Waals surface area contributed by atoms with E-state index in [1.54, 1.807) is 14.0 Å². The van der Waals surface area contributed by atoms with E-state index in [1.807, 2.05) is 0 Å². The topological polar surface area (TPSA) is 118 Å². The fourth-order valence-electron chi connectivity index (χ4n) is 1.32. The number of sulfonamides is 1. The number of aryl methyl sites for hydroxylation is 1. The van der Waals surface area contributed by atoms with Gasteiger partial charge in [0.2, 0.25) is 0 Å². The number of aromatic nitrogens is 6. The lowest BCUT2D eigenvalue weighted by Gasteiger charge is -2.10. The summed E-state index contributed by atoms with van der Waals surface area (Å²) < 4.78 is 27.6. The number of rotatable bonds is 4. The van der Waals surface area contributed by atoms with Crippen LogP contribution in [0.3, 0.4) is 0 Å². The van der Waals surface area contributed by atoms with Gasteiger partial charge in [-0.25, -0.2) is 8.42 Å². The highest BCUT2D eigenvalue weighted by atomic mass is 32.2. The van der Waals surface area contributed by atoms with Crippen molar-refractivity contribution >= 4 is 10.0 Å². The number of tetrazole rings is 1. The molecule has 0 aromatic carbocycles. The summed E-state index contributed by atoms with van der Waals surface area (Å²) in [5.41, 5.74) is 0. The Labute approximate surface area is 97.3 Å². The maximum atomic E-state index is 12.0. The third-order valence-electron chi connectivity index (χ3n) is 2.13. The third kappa shape index (κ3) is 2.31. The molecule has 0 fully saturated rings. The van der Waals surface area contributed by atoms with Crippen molar-refractivity contribution in [2.24, 2.45) is 7.05 Å². The van der Waals surface area contributed by atoms with Crippen molar-refractivity contribution in [3.8, 4) is 0 Å². The smallest absolute Gasteiger partial charge is 0.256 e. The maximum absolute atomic E-state index is 12.0. The second-order valence-corrected chi connectivity index (χ2v) is 5.07. The summed E-state index contributed by atoms with van der Waals surface area (Å²) in [5, 5.41) is 16.9. The molecule has 0 saturated carbocycles. The molecule has 1 unspecified atom stereocenters. The van der Waals surface area contributed by atoms with Gasteiger partial charge in [-0.3, -0.25) is 4.68 Å². The Bertz CT molecular complexity index is 588. The number of nitrogens with zero attached hydrogens (tertiary/aromatic N) is 5. The Morgan fingerprint density at radius 2 is 2.29 bits per heavy atom. The molecule has 17 heavy (non-hydrogen) atoms. The van der Waals surface area contributed by atoms with Crippen molar-refractivity contribution < 1.29 is 8.42 Å². The molecule has 10 heteroatoms. The Morgan fingerprint density at radius 1 is 1.53 bits per heavy atom. The minimum Gasteiger partial charge on any atom is -0.256 e. The second-order valence-electron chi connectivity index (χ2n) is 3.41. The molecule has 0 bridgehead atoms. The largest absolute Gasteiger partial charge is 0.258 e. The van der Waals surface area contributed by atoms with E-state index >= 15 is 0 Å². The van der Waals surface area contributed by atoms with Gasteiger partial charge in [0.25, 0.3) is 10.0 Å². The molecular formula is C7H11N7O2S. The van der Waals surface area contributed by atoms with Gasteiger partial charge in [0.15, 0.2) is 10.9 Å². The molecule has 0 aliphatic rings. The van der Waals surface area contributed by atoms with Crippen LogP contribution < -0.4 is 4.72 Å². The zero-order valence-electron chi connectivity index (χ0n) is 9.19. The van der Waals surface area contributed by atoms with E-state index in [-0.39, 0.29) is 10.9 Å². The van der Waals surface area contributed by atoms with Crippen LogP contribution in [0.5, 0.6) is 0 Å². The molecule has 0 saturated heterocycles. The van der Waals surface area contributed by atoms with Crippen molar-refractivity contribution in [1.82, 2.24) is 35.1 Å². The summed E-state index contributed by atoms with van der Waals surface area (Å²) >= 11 is 0. The Balaban J connectivity index is 2.22. The maximum Gasteiger partial charge on any atom is 0.258 e. The highest BCUT2D eigenvalue weighted by Gasteiger charge is 2.23. The third-order valence-corrected chi connectivity index (χ3v) is 3.75. The number of hydrogen-bond donors (Lipinski definition) is 2. The molecule has 2 heterocycles. The van der Waals surface area contributed by atoms with Crippen LogP contribution in [-0.2, 0) is 17.1 Å². The molecule has 92 valence electrons. The van der Waals surface area contributed by atoms with Gasteiger partial charge in [-0.05, 0) is 13.0 Å². The van der Waals surface area contributed by atoms with E-state index in [1.165, 1.54) is 16.9 Å². The minimum absolute atomic E-state index is 0.0767. The number of H-pyrrole nitrogens is 1. The first kappa shape index (κ1) is 11.7. The Morgan fingerprint density at radius 3 is 2.82 bits per heavy atom. The number of aromatic amines is 1. The predicted molar refractivity (Wildman–Crippen MR) is 56.1 cm³/mol. The van der Waals surface area contributed by atoms with Crippen LogP contribution in [0.4, 0.5) is 0 Å². The first-order valence-electron chi connectivity index (χ1n) is 4.74. The molecule has 0 aliphatic heterocycles. The molecule has 2 aromatic rings. The SMILES string of the molecule is CC(NS(=O)(=O)c1ccnn1C)c1nn[nH]n1. The molecular weight excluding hydrogens is 246 g/mol. The average Bonchev–Trinajstić information content (AvgIpc) is 2.85. The molecule has 9 nitrogen and oxygen atoms in total. The zero-order chi connectivity index (χ0) is 12.5. The quantitative estimate of drug-likeness (QED) is 0.723. The zero-order valence-corrected chi connectivity index (χ0v) is 10.0. The second kappa shape index (κ2) is 4.22. The van der Waals surface area contributed by atoms with Gasteiger partial charge in [-0.2, -0.15) is 15.0 Å². The highest BCUT2D eigenvalue weighted by molar-refractivity contribution is 7.89. The standard InChI is InChI=1S/C7H11N7O2S/c1-5(7-9-12-13-10-7)11-17(15,16)6-3-4-8-14(6)2/h3-5,11H,1-2H3,(H,9,10,12,13). The van der Waals surface area contributed by atoms with Crippen molar-refractivity contribution in [3.05, 3.63) is 18.1 Å². The summed E-state index contributed by atoms with van der Waals surface area (Å²) in [6.45, 7) is 1.62. The summed E-state index contributed by atoms with van der Waals surface area (Å²) in [5.74, 6) is 0.274. The van der Waals surface area contributed by atoms with Crippen molar-refractivity contribution in [3.63, 3.8) is 0 Å². The van der Waals surface area contributed by atoms with E-state index in [0.29, 0.717) is 0 Å². The van der Waals surface area contributed by atoms with Crippen LogP contribution in [-0.4, -0.2) is 38.8 Å². The monoisotopic (exact) mass is 257 g/mol. The number of hydrogen-bond acceptors (Lipinski definition) is 6. The van der Waals surface area contributed by atoms with Crippen molar-refractivity contribution in [1.29, 1.82) is 0 Å². The highest BCUT2D eigenvalue weighted by Crippen LogP contribution is 2.12. The van der Waals surface area contributed by atoms with Crippen LogP contribution in [0.15, 0.2) is 17.3 Å². The summed E-state index contributed by atoms with van der Waals surface area (Å²) in [6.07, 6.45) is 1.41. The Hall–Kier alpha value is -1.81. The molecule has 0 spiro atoms. The normalized spacial score (nSPS) is 13.8. The lowest BCUT2D eigenvalue weighted by atomic mass is 10.4. The lowest BCUT2D eigenvalue weighted by molar-refractivity contribution is 0.544. The number of nitrogens with one attached hydrogen (secondary N) is 2. The molecule has 0 radical (unpaired) electrons. The van der Waals surface area contributed by atoms with Crippen LogP contribution in [0.1, 0.15) is 18.8 Å². The summed E-state index contributed by atoms with van der Waals surface area (Å²) in [7, 11) is -2.09. The van der Waals surface area contributed by atoms with Crippen LogP contribution >= 0.6 is 0 Å². The Kier molecular flexibility index (Phi) is 2.90. The van der Waals surface area contributed by atoms with E-state index in [9.17, 15) is 8.42 Å². The van der Waals surface area contributed by atoms with E-state index in [4.69, 9.17) is 0 Å². The molecule has 2 aromatic heterocycles. The van der Waals surface area contributed by atoms with Gasteiger partial charge in [0, 0.05) is 7.05 Å². The lowest BCUT2D eigenvalue weighted by Crippen LogP contribution is -2.29. The molecule has 2 rings (SSSR count). The van der Waals surface area contributed by atoms with E-state index in [0.717, 1.165) is 0 Å². The first-order chi connectivity index (χ1) is 8.00. The average molecular weight is 257 g/mol. The van der Waals surface area contributed by atoms with E-state index < -0.39 is 16.1 Å². The predicted octanol–water partition coefficient (Wildman–Crippen LogP) is -1.03. The van der Waals surface area contributed by atoms with Crippen LogP contribution in [0.25, 0.3) is 0 Å². The fourth-order valence-corrected chi connectivity index (χ4v) is 2.65. The van der Waals surface area contributed by atoms with Gasteiger partial charge in [-0.1, -0.05) is 5.21 Å². The van der Waals surface area contributed by atoms with Gasteiger partial charge in [-0.15, -0.1) is 10.2 Å². The van der Waals surface area contributed by atoms with Gasteiger partial charge < -0.3 is 0 Å². The molecule has 0 amide bonds. The first-order valence-corrected chi connectivity index (χ1v) is 6.22. The van der Waals surface area contributed by atoms with Crippen LogP contribution in [0, 0.1) is 0 Å². The van der Waals surface area contributed by atoms with Crippen molar-refractivity contribution in [2.75, 3.05) is 0 Å². The van der Waals surface area contributed by atoms with Gasteiger partial charge in [0.1, 0.15) is 0 Å². The molecule has 1 atom stereocenters. The van der Waals surface area contributed by atoms with E-state index in [2.05, 4.69) is 30.4 Å². The fraction of sp³-hybridized carbons (Fsp3) is 0.429. The molecule has 0 aliphatic carbocycles. The minimum atomic E-state index is -3.64. The van der Waals surface area contributed by atoms with Crippen LogP contribution in [0.2, 0.25) is 0 Å². The summed E-state index contributed by atoms with van der Waals surface area (Å²) in [4.78, 5) is 0. The molecule has 2 N–H and O–H groups in total. The van der Waals surface area contributed by atoms with Gasteiger partial charge in [0.05, 0.1) is 12.2 Å². The van der Waals surface area contributed by atoms with Gasteiger partial charge >= 0.3 is 0 Å². The summed E-state index contributed by atoms with van der Waals surface area (Å²) in [6, 6.07) is 0.833.